The van der Waals surface area contributed by atoms with Gasteiger partial charge in [0.2, 0.25) is 0 Å². The fourth-order valence-electron chi connectivity index (χ4n) is 7.49. The Morgan fingerprint density at radius 2 is 0.902 bits per heavy atom. The molecule has 1 aliphatic carbocycles. The summed E-state index contributed by atoms with van der Waals surface area (Å²) in [6, 6.07) is 57.3. The van der Waals surface area contributed by atoms with Crippen molar-refractivity contribution in [2.24, 2.45) is 0 Å². The van der Waals surface area contributed by atoms with Crippen LogP contribution in [0.2, 0.25) is 0 Å². The molecular formula is C47H31N3O. The van der Waals surface area contributed by atoms with E-state index in [1.165, 1.54) is 33.4 Å². The molecule has 9 aromatic rings. The molecule has 0 radical (unpaired) electrons. The summed E-state index contributed by atoms with van der Waals surface area (Å²) in [6.07, 6.45) is 2.17. The maximum atomic E-state index is 6.41. The van der Waals surface area contributed by atoms with Gasteiger partial charge >= 0.3 is 0 Å². The van der Waals surface area contributed by atoms with E-state index in [1.54, 1.807) is 0 Å². The fraction of sp³-hybridized carbons (Fsp3) is 0.0426. The smallest absolute Gasteiger partial charge is 0.164 e. The second-order valence-corrected chi connectivity index (χ2v) is 13.1. The highest BCUT2D eigenvalue weighted by atomic mass is 16.3. The van der Waals surface area contributed by atoms with Crippen LogP contribution < -0.4 is 0 Å². The van der Waals surface area contributed by atoms with E-state index in [-0.39, 0.29) is 0 Å². The zero-order valence-corrected chi connectivity index (χ0v) is 27.8. The second-order valence-electron chi connectivity index (χ2n) is 13.1. The lowest BCUT2D eigenvalue weighted by atomic mass is 9.84. The minimum Gasteiger partial charge on any atom is -0.456 e. The maximum Gasteiger partial charge on any atom is 0.164 e. The van der Waals surface area contributed by atoms with Gasteiger partial charge in [-0.25, -0.2) is 15.0 Å². The van der Waals surface area contributed by atoms with Gasteiger partial charge in [0.05, 0.1) is 0 Å². The van der Waals surface area contributed by atoms with E-state index in [1.807, 2.05) is 72.8 Å². The molecule has 0 saturated heterocycles. The number of rotatable bonds is 5. The summed E-state index contributed by atoms with van der Waals surface area (Å²) >= 11 is 0. The molecule has 1 aliphatic rings. The topological polar surface area (TPSA) is 51.8 Å². The predicted molar refractivity (Wildman–Crippen MR) is 207 cm³/mol. The van der Waals surface area contributed by atoms with Crippen LogP contribution >= 0.6 is 0 Å². The van der Waals surface area contributed by atoms with Gasteiger partial charge in [0, 0.05) is 27.5 Å². The van der Waals surface area contributed by atoms with Gasteiger partial charge in [-0.05, 0) is 75.5 Å². The summed E-state index contributed by atoms with van der Waals surface area (Å²) in [5.41, 5.74) is 14.8. The van der Waals surface area contributed by atoms with Crippen LogP contribution in [0.1, 0.15) is 11.1 Å². The molecule has 0 atom stereocenters. The van der Waals surface area contributed by atoms with Crippen LogP contribution in [0.4, 0.5) is 0 Å². The number of hydrogen-bond acceptors (Lipinski definition) is 4. The maximum absolute atomic E-state index is 6.41. The molecule has 51 heavy (non-hydrogen) atoms. The van der Waals surface area contributed by atoms with Gasteiger partial charge < -0.3 is 4.42 Å². The molecular weight excluding hydrogens is 623 g/mol. The Morgan fingerprint density at radius 3 is 1.63 bits per heavy atom. The van der Waals surface area contributed by atoms with Crippen molar-refractivity contribution in [2.75, 3.05) is 0 Å². The first-order valence-corrected chi connectivity index (χ1v) is 17.4. The molecule has 240 valence electrons. The highest BCUT2D eigenvalue weighted by Gasteiger charge is 2.19. The van der Waals surface area contributed by atoms with E-state index in [2.05, 4.69) is 91.0 Å². The Morgan fingerprint density at radius 1 is 0.353 bits per heavy atom. The van der Waals surface area contributed by atoms with Crippen molar-refractivity contribution in [3.05, 3.63) is 175 Å². The Hall–Kier alpha value is -6.65. The summed E-state index contributed by atoms with van der Waals surface area (Å²) in [5.74, 6) is 1.88. The number of hydrogen-bond donors (Lipinski definition) is 0. The Bertz CT molecular complexity index is 2670. The van der Waals surface area contributed by atoms with E-state index >= 15 is 0 Å². The van der Waals surface area contributed by atoms with Crippen molar-refractivity contribution in [2.45, 2.75) is 12.8 Å². The molecule has 0 unspecified atom stereocenters. The van der Waals surface area contributed by atoms with Gasteiger partial charge in [-0.3, -0.25) is 0 Å². The first-order chi connectivity index (χ1) is 25.2. The lowest BCUT2D eigenvalue weighted by Crippen LogP contribution is -2.03. The minimum absolute atomic E-state index is 0.610. The van der Waals surface area contributed by atoms with Crippen molar-refractivity contribution in [3.8, 4) is 67.5 Å². The predicted octanol–water partition coefficient (Wildman–Crippen LogP) is 11.9. The third-order valence-corrected chi connectivity index (χ3v) is 10.1. The number of aromatic nitrogens is 3. The second kappa shape index (κ2) is 12.0. The Labute approximate surface area is 295 Å². The summed E-state index contributed by atoms with van der Waals surface area (Å²) in [4.78, 5) is 15.0. The van der Waals surface area contributed by atoms with Crippen LogP contribution in [-0.4, -0.2) is 15.0 Å². The lowest BCUT2D eigenvalue weighted by Gasteiger charge is -2.20. The van der Waals surface area contributed by atoms with Crippen LogP contribution in [0.15, 0.2) is 168 Å². The molecule has 4 heteroatoms. The quantitative estimate of drug-likeness (QED) is 0.185. The fourth-order valence-corrected chi connectivity index (χ4v) is 7.49. The van der Waals surface area contributed by atoms with Gasteiger partial charge in [0.25, 0.3) is 0 Å². The van der Waals surface area contributed by atoms with Crippen LogP contribution in [0, 0.1) is 0 Å². The largest absolute Gasteiger partial charge is 0.456 e. The minimum atomic E-state index is 0.610. The Balaban J connectivity index is 1.05. The molecule has 2 heterocycles. The third kappa shape index (κ3) is 5.20. The van der Waals surface area contributed by atoms with Crippen molar-refractivity contribution >= 4 is 21.9 Å². The van der Waals surface area contributed by atoms with Crippen LogP contribution in [-0.2, 0) is 12.8 Å². The number of benzene rings is 7. The van der Waals surface area contributed by atoms with E-state index in [9.17, 15) is 0 Å². The first kappa shape index (κ1) is 29.3. The van der Waals surface area contributed by atoms with Crippen LogP contribution in [0.3, 0.4) is 0 Å². The third-order valence-electron chi connectivity index (χ3n) is 10.1. The summed E-state index contributed by atoms with van der Waals surface area (Å²) in [7, 11) is 0. The van der Waals surface area contributed by atoms with Gasteiger partial charge in [-0.2, -0.15) is 0 Å². The molecule has 0 saturated carbocycles. The molecule has 0 amide bonds. The average Bonchev–Trinajstić information content (AvgIpc) is 3.59. The molecule has 0 aliphatic heterocycles. The van der Waals surface area contributed by atoms with E-state index in [4.69, 9.17) is 19.4 Å². The molecule has 2 aromatic heterocycles. The monoisotopic (exact) mass is 653 g/mol. The standard InChI is InChI=1S/C47H31N3O/c1-3-11-33(12-4-1)45-48-46(34-13-5-2-6-14-34)50-47(49-45)40-16-9-17-43-44(40)41-29-36(25-27-42(41)51-43)31-20-18-30(19-21-31)35-24-26-39-37(28-35)23-22-32-10-7-8-15-38(32)39/h1-21,24-29H,22-23H2. The molecule has 0 bridgehead atoms. The molecule has 7 aromatic carbocycles. The van der Waals surface area contributed by atoms with Gasteiger partial charge in [0.15, 0.2) is 17.5 Å². The SMILES string of the molecule is c1ccc(-c2nc(-c3ccccc3)nc(-c3cccc4oc5ccc(-c6ccc(-c7ccc8c(c7)CCc7ccccc7-8)cc6)cc5c34)n2)cc1. The zero-order chi connectivity index (χ0) is 33.7. The van der Waals surface area contributed by atoms with Gasteiger partial charge in [-0.15, -0.1) is 0 Å². The zero-order valence-electron chi connectivity index (χ0n) is 27.8. The summed E-state index contributed by atoms with van der Waals surface area (Å²) < 4.78 is 6.41. The Kier molecular flexibility index (Phi) is 6.91. The number of aryl methyl sites for hydroxylation is 2. The van der Waals surface area contributed by atoms with E-state index in [0.717, 1.165) is 62.6 Å². The molecule has 0 N–H and O–H groups in total. The highest BCUT2D eigenvalue weighted by Crippen LogP contribution is 2.40. The molecule has 10 rings (SSSR count). The van der Waals surface area contributed by atoms with E-state index < -0.39 is 0 Å². The normalized spacial score (nSPS) is 12.2. The van der Waals surface area contributed by atoms with Crippen molar-refractivity contribution in [3.63, 3.8) is 0 Å². The van der Waals surface area contributed by atoms with Crippen LogP contribution in [0.5, 0.6) is 0 Å². The van der Waals surface area contributed by atoms with Gasteiger partial charge in [-0.1, -0.05) is 146 Å². The van der Waals surface area contributed by atoms with Crippen molar-refractivity contribution in [1.29, 1.82) is 0 Å². The van der Waals surface area contributed by atoms with E-state index in [0.29, 0.717) is 17.5 Å². The molecule has 0 spiro atoms. The lowest BCUT2D eigenvalue weighted by molar-refractivity contribution is 0.669. The summed E-state index contributed by atoms with van der Waals surface area (Å²) in [5, 5.41) is 2.02. The van der Waals surface area contributed by atoms with Crippen molar-refractivity contribution < 1.29 is 4.42 Å². The number of fused-ring (bicyclic) bond motifs is 6. The molecule has 4 nitrogen and oxygen atoms in total. The highest BCUT2D eigenvalue weighted by molar-refractivity contribution is 6.12. The summed E-state index contributed by atoms with van der Waals surface area (Å²) in [6.45, 7) is 0. The van der Waals surface area contributed by atoms with Crippen LogP contribution in [0.25, 0.3) is 89.5 Å². The van der Waals surface area contributed by atoms with Gasteiger partial charge in [0.1, 0.15) is 11.2 Å². The average molecular weight is 654 g/mol. The number of furan rings is 1. The first-order valence-electron chi connectivity index (χ1n) is 17.4. The van der Waals surface area contributed by atoms with Crippen molar-refractivity contribution in [1.82, 2.24) is 15.0 Å². The molecule has 0 fully saturated rings. The number of nitrogens with zero attached hydrogens (tertiary/aromatic N) is 3.